The fraction of sp³-hybridized carbons (Fsp3) is 0.889. The molecule has 1 rings (SSSR count). The highest BCUT2D eigenvalue weighted by Crippen LogP contribution is 2.13. The van der Waals surface area contributed by atoms with Crippen molar-refractivity contribution in [1.82, 2.24) is 5.32 Å². The average Bonchev–Trinajstić information content (AvgIpc) is 2.37. The molecule has 1 aliphatic rings. The second-order valence-electron chi connectivity index (χ2n) is 3.60. The molecule has 3 heteroatoms. The Morgan fingerprint density at radius 2 is 2.42 bits per heavy atom. The van der Waals surface area contributed by atoms with Crippen LogP contribution in [0.5, 0.6) is 0 Å². The molecule has 12 heavy (non-hydrogen) atoms. The number of nitrogens with one attached hydrogen (secondary N) is 1. The van der Waals surface area contributed by atoms with Gasteiger partial charge in [0.15, 0.2) is 0 Å². The molecule has 1 fully saturated rings. The number of carbonyl (C=O) groups is 1. The molecule has 0 aromatic heterocycles. The third-order valence-corrected chi connectivity index (χ3v) is 1.98. The van der Waals surface area contributed by atoms with Crippen molar-refractivity contribution in [2.45, 2.75) is 32.8 Å². The van der Waals surface area contributed by atoms with Gasteiger partial charge < -0.3 is 10.1 Å². The first kappa shape index (κ1) is 9.52. The highest BCUT2D eigenvalue weighted by molar-refractivity contribution is 5.69. The Morgan fingerprint density at radius 1 is 1.67 bits per heavy atom. The predicted molar refractivity (Wildman–Crippen MR) is 46.8 cm³/mol. The van der Waals surface area contributed by atoms with Gasteiger partial charge in [0.25, 0.3) is 0 Å². The zero-order valence-corrected chi connectivity index (χ0v) is 7.80. The van der Waals surface area contributed by atoms with Crippen molar-refractivity contribution in [2.24, 2.45) is 5.92 Å². The van der Waals surface area contributed by atoms with Gasteiger partial charge in [-0.3, -0.25) is 4.79 Å². The van der Waals surface area contributed by atoms with E-state index in [0.717, 1.165) is 19.5 Å². The molecule has 0 amide bonds. The molecular weight excluding hydrogens is 154 g/mol. The zero-order valence-electron chi connectivity index (χ0n) is 7.80. The SMILES string of the molecule is CC(C)OC(=O)CC1CCNC1. The van der Waals surface area contributed by atoms with Crippen LogP contribution in [0.3, 0.4) is 0 Å². The minimum absolute atomic E-state index is 0.0202. The largest absolute Gasteiger partial charge is 0.463 e. The predicted octanol–water partition coefficient (Wildman–Crippen LogP) is 0.938. The van der Waals surface area contributed by atoms with Gasteiger partial charge in [0.2, 0.25) is 0 Å². The lowest BCUT2D eigenvalue weighted by atomic mass is 10.1. The molecule has 3 nitrogen and oxygen atoms in total. The lowest BCUT2D eigenvalue weighted by Gasteiger charge is -2.10. The Hall–Kier alpha value is -0.570. The molecular formula is C9H17NO2. The molecule has 0 saturated carbocycles. The third-order valence-electron chi connectivity index (χ3n) is 1.98. The van der Waals surface area contributed by atoms with Gasteiger partial charge in [0.1, 0.15) is 0 Å². The van der Waals surface area contributed by atoms with E-state index in [2.05, 4.69) is 5.32 Å². The molecule has 1 atom stereocenters. The fourth-order valence-corrected chi connectivity index (χ4v) is 1.44. The first-order valence-electron chi connectivity index (χ1n) is 4.58. The Balaban J connectivity index is 2.16. The summed E-state index contributed by atoms with van der Waals surface area (Å²) in [6, 6.07) is 0. The maximum absolute atomic E-state index is 11.2. The van der Waals surface area contributed by atoms with Crippen LogP contribution < -0.4 is 5.32 Å². The Bertz CT molecular complexity index is 151. The van der Waals surface area contributed by atoms with Crippen LogP contribution in [-0.2, 0) is 9.53 Å². The second-order valence-corrected chi connectivity index (χ2v) is 3.60. The van der Waals surface area contributed by atoms with E-state index in [1.54, 1.807) is 0 Å². The van der Waals surface area contributed by atoms with Gasteiger partial charge in [-0.1, -0.05) is 0 Å². The number of esters is 1. The molecule has 1 aliphatic heterocycles. The van der Waals surface area contributed by atoms with E-state index < -0.39 is 0 Å². The van der Waals surface area contributed by atoms with Crippen LogP contribution >= 0.6 is 0 Å². The summed E-state index contributed by atoms with van der Waals surface area (Å²) in [6.07, 6.45) is 1.70. The van der Waals surface area contributed by atoms with Crippen molar-refractivity contribution >= 4 is 5.97 Å². The molecule has 0 bridgehead atoms. The standard InChI is InChI=1S/C9H17NO2/c1-7(2)12-9(11)5-8-3-4-10-6-8/h7-8,10H,3-6H2,1-2H3. The van der Waals surface area contributed by atoms with Crippen LogP contribution in [0.4, 0.5) is 0 Å². The molecule has 0 radical (unpaired) electrons. The van der Waals surface area contributed by atoms with E-state index in [-0.39, 0.29) is 12.1 Å². The van der Waals surface area contributed by atoms with Gasteiger partial charge in [-0.15, -0.1) is 0 Å². The third kappa shape index (κ3) is 3.22. The molecule has 0 spiro atoms. The van der Waals surface area contributed by atoms with Crippen LogP contribution in [0.2, 0.25) is 0 Å². The average molecular weight is 171 g/mol. The molecule has 1 saturated heterocycles. The molecule has 1 N–H and O–H groups in total. The number of rotatable bonds is 3. The molecule has 0 aliphatic carbocycles. The summed E-state index contributed by atoms with van der Waals surface area (Å²) in [7, 11) is 0. The smallest absolute Gasteiger partial charge is 0.306 e. The maximum Gasteiger partial charge on any atom is 0.306 e. The Kier molecular flexibility index (Phi) is 3.53. The molecule has 70 valence electrons. The number of hydrogen-bond donors (Lipinski definition) is 1. The van der Waals surface area contributed by atoms with Crippen LogP contribution in [0.1, 0.15) is 26.7 Å². The Morgan fingerprint density at radius 3 is 2.92 bits per heavy atom. The summed E-state index contributed by atoms with van der Waals surface area (Å²) in [6.45, 7) is 5.77. The topological polar surface area (TPSA) is 38.3 Å². The van der Waals surface area contributed by atoms with Crippen LogP contribution in [-0.4, -0.2) is 25.2 Å². The minimum atomic E-state index is -0.0568. The summed E-state index contributed by atoms with van der Waals surface area (Å²) in [5.41, 5.74) is 0. The van der Waals surface area contributed by atoms with E-state index >= 15 is 0 Å². The van der Waals surface area contributed by atoms with E-state index in [0.29, 0.717) is 12.3 Å². The van der Waals surface area contributed by atoms with Crippen molar-refractivity contribution in [3.05, 3.63) is 0 Å². The Labute approximate surface area is 73.5 Å². The zero-order chi connectivity index (χ0) is 8.97. The van der Waals surface area contributed by atoms with Gasteiger partial charge in [0.05, 0.1) is 6.10 Å². The van der Waals surface area contributed by atoms with Gasteiger partial charge in [-0.25, -0.2) is 0 Å². The van der Waals surface area contributed by atoms with Gasteiger partial charge in [-0.05, 0) is 39.3 Å². The number of ether oxygens (including phenoxy) is 1. The number of hydrogen-bond acceptors (Lipinski definition) is 3. The van der Waals surface area contributed by atoms with Crippen molar-refractivity contribution in [3.63, 3.8) is 0 Å². The maximum atomic E-state index is 11.2. The molecule has 0 aromatic rings. The van der Waals surface area contributed by atoms with Crippen molar-refractivity contribution in [2.75, 3.05) is 13.1 Å². The van der Waals surface area contributed by atoms with Crippen LogP contribution in [0.25, 0.3) is 0 Å². The summed E-state index contributed by atoms with van der Waals surface area (Å²) >= 11 is 0. The summed E-state index contributed by atoms with van der Waals surface area (Å²) in [5, 5.41) is 3.22. The highest BCUT2D eigenvalue weighted by Gasteiger charge is 2.19. The van der Waals surface area contributed by atoms with E-state index in [9.17, 15) is 4.79 Å². The molecule has 0 aromatic carbocycles. The van der Waals surface area contributed by atoms with Crippen molar-refractivity contribution in [1.29, 1.82) is 0 Å². The van der Waals surface area contributed by atoms with Crippen molar-refractivity contribution in [3.8, 4) is 0 Å². The van der Waals surface area contributed by atoms with Crippen LogP contribution in [0.15, 0.2) is 0 Å². The van der Waals surface area contributed by atoms with Gasteiger partial charge in [0, 0.05) is 6.42 Å². The van der Waals surface area contributed by atoms with Crippen LogP contribution in [0, 0.1) is 5.92 Å². The first-order chi connectivity index (χ1) is 5.68. The summed E-state index contributed by atoms with van der Waals surface area (Å²) < 4.78 is 5.05. The highest BCUT2D eigenvalue weighted by atomic mass is 16.5. The fourth-order valence-electron chi connectivity index (χ4n) is 1.44. The van der Waals surface area contributed by atoms with E-state index in [4.69, 9.17) is 4.74 Å². The summed E-state index contributed by atoms with van der Waals surface area (Å²) in [4.78, 5) is 11.2. The lowest BCUT2D eigenvalue weighted by Crippen LogP contribution is -2.17. The second kappa shape index (κ2) is 4.45. The van der Waals surface area contributed by atoms with E-state index in [1.807, 2.05) is 13.8 Å². The monoisotopic (exact) mass is 171 g/mol. The lowest BCUT2D eigenvalue weighted by molar-refractivity contribution is -0.148. The van der Waals surface area contributed by atoms with E-state index in [1.165, 1.54) is 0 Å². The van der Waals surface area contributed by atoms with Crippen molar-refractivity contribution < 1.29 is 9.53 Å². The minimum Gasteiger partial charge on any atom is -0.463 e. The normalized spacial score (nSPS) is 23.1. The first-order valence-corrected chi connectivity index (χ1v) is 4.58. The number of carbonyl (C=O) groups excluding carboxylic acids is 1. The molecule has 1 heterocycles. The van der Waals surface area contributed by atoms with Gasteiger partial charge in [-0.2, -0.15) is 0 Å². The quantitative estimate of drug-likeness (QED) is 0.642. The summed E-state index contributed by atoms with van der Waals surface area (Å²) in [5.74, 6) is 0.440. The molecule has 1 unspecified atom stereocenters. The van der Waals surface area contributed by atoms with Gasteiger partial charge >= 0.3 is 5.97 Å².